The molecule has 1 saturated carbocycles. The summed E-state index contributed by atoms with van der Waals surface area (Å²) in [6.07, 6.45) is 6.03. The molecule has 3 heteroatoms. The van der Waals surface area contributed by atoms with Crippen LogP contribution in [-0.4, -0.2) is 43.3 Å². The predicted molar refractivity (Wildman–Crippen MR) is 84.8 cm³/mol. The van der Waals surface area contributed by atoms with Crippen molar-refractivity contribution in [1.29, 1.82) is 0 Å². The summed E-state index contributed by atoms with van der Waals surface area (Å²) in [4.78, 5) is 2.62. The van der Waals surface area contributed by atoms with Gasteiger partial charge in [0.1, 0.15) is 0 Å². The highest BCUT2D eigenvalue weighted by Gasteiger charge is 2.49. The third-order valence-corrected chi connectivity index (χ3v) is 5.44. The lowest BCUT2D eigenvalue weighted by atomic mass is 9.57. The van der Waals surface area contributed by atoms with Gasteiger partial charge in [0.05, 0.1) is 0 Å². The van der Waals surface area contributed by atoms with E-state index in [9.17, 15) is 0 Å². The molecule has 2 fully saturated rings. The van der Waals surface area contributed by atoms with Gasteiger partial charge in [-0.2, -0.15) is 0 Å². The predicted octanol–water partition coefficient (Wildman–Crippen LogP) is 3.03. The molecular weight excluding hydrogens is 248 g/mol. The lowest BCUT2D eigenvalue weighted by Crippen LogP contribution is -2.62. The summed E-state index contributed by atoms with van der Waals surface area (Å²) >= 11 is 0. The van der Waals surface area contributed by atoms with E-state index in [0.29, 0.717) is 16.9 Å². The van der Waals surface area contributed by atoms with Gasteiger partial charge < -0.3 is 10.5 Å². The van der Waals surface area contributed by atoms with Crippen LogP contribution in [0.2, 0.25) is 0 Å². The molecule has 0 bridgehead atoms. The molecule has 2 rings (SSSR count). The fourth-order valence-electron chi connectivity index (χ4n) is 5.26. The highest BCUT2D eigenvalue weighted by Crippen LogP contribution is 2.52. The monoisotopic (exact) mass is 282 g/mol. The minimum Gasteiger partial charge on any atom is -0.381 e. The zero-order valence-electron chi connectivity index (χ0n) is 14.2. The lowest BCUT2D eigenvalue weighted by molar-refractivity contribution is -0.0701. The maximum Gasteiger partial charge on any atom is 0.0480 e. The van der Waals surface area contributed by atoms with Crippen LogP contribution in [0.4, 0.5) is 0 Å². The third-order valence-electron chi connectivity index (χ3n) is 5.44. The van der Waals surface area contributed by atoms with E-state index in [1.807, 2.05) is 0 Å². The zero-order chi connectivity index (χ0) is 15.0. The molecule has 0 unspecified atom stereocenters. The highest BCUT2D eigenvalue weighted by molar-refractivity contribution is 5.05. The minimum absolute atomic E-state index is 0.160. The van der Waals surface area contributed by atoms with Crippen LogP contribution in [0.3, 0.4) is 0 Å². The maximum atomic E-state index is 6.32. The Morgan fingerprint density at radius 1 is 1.00 bits per heavy atom. The van der Waals surface area contributed by atoms with E-state index < -0.39 is 0 Å². The molecule has 0 aromatic carbocycles. The molecule has 0 radical (unpaired) electrons. The van der Waals surface area contributed by atoms with Crippen molar-refractivity contribution in [3.63, 3.8) is 0 Å². The second-order valence-electron chi connectivity index (χ2n) is 8.74. The van der Waals surface area contributed by atoms with Crippen molar-refractivity contribution in [2.24, 2.45) is 16.6 Å². The van der Waals surface area contributed by atoms with Gasteiger partial charge in [-0.3, -0.25) is 4.90 Å². The number of ether oxygens (including phenoxy) is 1. The summed E-state index contributed by atoms with van der Waals surface area (Å²) in [5, 5.41) is 0. The van der Waals surface area contributed by atoms with Gasteiger partial charge in [-0.1, -0.05) is 27.7 Å². The SMILES string of the molecule is CN(C1CCOCC1)C1(CN)CC(C)(C)CC(C)(C)C1. The molecule has 0 spiro atoms. The molecule has 2 aliphatic rings. The second-order valence-corrected chi connectivity index (χ2v) is 8.74. The molecule has 0 atom stereocenters. The first-order valence-corrected chi connectivity index (χ1v) is 8.21. The summed E-state index contributed by atoms with van der Waals surface area (Å²) in [7, 11) is 2.31. The molecule has 0 amide bonds. The highest BCUT2D eigenvalue weighted by atomic mass is 16.5. The molecule has 0 aromatic rings. The van der Waals surface area contributed by atoms with Crippen LogP contribution in [0.5, 0.6) is 0 Å². The number of hydrogen-bond acceptors (Lipinski definition) is 3. The fraction of sp³-hybridized carbons (Fsp3) is 1.00. The first-order valence-electron chi connectivity index (χ1n) is 8.21. The van der Waals surface area contributed by atoms with Crippen LogP contribution in [0.15, 0.2) is 0 Å². The smallest absolute Gasteiger partial charge is 0.0480 e. The Hall–Kier alpha value is -0.120. The average Bonchev–Trinajstić information content (AvgIpc) is 2.35. The van der Waals surface area contributed by atoms with Crippen molar-refractivity contribution in [2.75, 3.05) is 26.8 Å². The van der Waals surface area contributed by atoms with Crippen LogP contribution in [-0.2, 0) is 4.74 Å². The van der Waals surface area contributed by atoms with E-state index in [0.717, 1.165) is 32.6 Å². The fourth-order valence-corrected chi connectivity index (χ4v) is 5.26. The number of nitrogens with two attached hydrogens (primary N) is 1. The maximum absolute atomic E-state index is 6.32. The van der Waals surface area contributed by atoms with E-state index in [-0.39, 0.29) is 5.54 Å². The van der Waals surface area contributed by atoms with Crippen LogP contribution in [0, 0.1) is 10.8 Å². The minimum atomic E-state index is 0.160. The van der Waals surface area contributed by atoms with Crippen molar-refractivity contribution in [3.05, 3.63) is 0 Å². The third kappa shape index (κ3) is 3.37. The average molecular weight is 282 g/mol. The van der Waals surface area contributed by atoms with Crippen molar-refractivity contribution in [3.8, 4) is 0 Å². The molecule has 0 aromatic heterocycles. The molecule has 20 heavy (non-hydrogen) atoms. The lowest BCUT2D eigenvalue weighted by Gasteiger charge is -2.57. The Morgan fingerprint density at radius 2 is 1.50 bits per heavy atom. The van der Waals surface area contributed by atoms with Crippen LogP contribution in [0.25, 0.3) is 0 Å². The second kappa shape index (κ2) is 5.58. The number of nitrogens with zero attached hydrogens (tertiary/aromatic N) is 1. The van der Waals surface area contributed by atoms with Gasteiger partial charge in [0.15, 0.2) is 0 Å². The Kier molecular flexibility index (Phi) is 4.54. The molecule has 1 heterocycles. The topological polar surface area (TPSA) is 38.5 Å². The van der Waals surface area contributed by atoms with Gasteiger partial charge in [-0.25, -0.2) is 0 Å². The molecular formula is C17H34N2O. The first-order chi connectivity index (χ1) is 9.20. The van der Waals surface area contributed by atoms with Crippen molar-refractivity contribution < 1.29 is 4.74 Å². The summed E-state index contributed by atoms with van der Waals surface area (Å²) in [5.41, 5.74) is 7.23. The Morgan fingerprint density at radius 3 is 1.95 bits per heavy atom. The molecule has 118 valence electrons. The van der Waals surface area contributed by atoms with Gasteiger partial charge in [0, 0.05) is 31.3 Å². The molecule has 2 N–H and O–H groups in total. The number of likely N-dealkylation sites (N-methyl/N-ethyl adjacent to an activating group) is 1. The van der Waals surface area contributed by atoms with E-state index in [2.05, 4.69) is 39.6 Å². The van der Waals surface area contributed by atoms with E-state index in [1.54, 1.807) is 0 Å². The Bertz CT molecular complexity index is 316. The first kappa shape index (κ1) is 16.3. The van der Waals surface area contributed by atoms with Crippen molar-refractivity contribution in [2.45, 2.75) is 71.4 Å². The van der Waals surface area contributed by atoms with Gasteiger partial charge in [0.25, 0.3) is 0 Å². The van der Waals surface area contributed by atoms with Crippen LogP contribution < -0.4 is 5.73 Å². The summed E-state index contributed by atoms with van der Waals surface area (Å²) in [6.45, 7) is 12.2. The van der Waals surface area contributed by atoms with E-state index >= 15 is 0 Å². The van der Waals surface area contributed by atoms with Gasteiger partial charge in [0.2, 0.25) is 0 Å². The quantitative estimate of drug-likeness (QED) is 0.864. The van der Waals surface area contributed by atoms with Crippen LogP contribution in [0.1, 0.15) is 59.8 Å². The number of hydrogen-bond donors (Lipinski definition) is 1. The van der Waals surface area contributed by atoms with Crippen molar-refractivity contribution in [1.82, 2.24) is 4.90 Å². The summed E-state index contributed by atoms with van der Waals surface area (Å²) in [5.74, 6) is 0. The normalized spacial score (nSPS) is 29.6. The van der Waals surface area contributed by atoms with Gasteiger partial charge >= 0.3 is 0 Å². The summed E-state index contributed by atoms with van der Waals surface area (Å²) < 4.78 is 5.53. The molecule has 1 aliphatic carbocycles. The Balaban J connectivity index is 2.22. The zero-order valence-corrected chi connectivity index (χ0v) is 14.2. The van der Waals surface area contributed by atoms with Crippen molar-refractivity contribution >= 4 is 0 Å². The van der Waals surface area contributed by atoms with E-state index in [1.165, 1.54) is 19.3 Å². The van der Waals surface area contributed by atoms with E-state index in [4.69, 9.17) is 10.5 Å². The molecule has 3 nitrogen and oxygen atoms in total. The largest absolute Gasteiger partial charge is 0.381 e. The number of rotatable bonds is 3. The standard InChI is InChI=1S/C17H34N2O/c1-15(2)10-16(3,4)12-17(11-15,13-18)19(5)14-6-8-20-9-7-14/h14H,6-13,18H2,1-5H3. The van der Waals surface area contributed by atoms with Gasteiger partial charge in [-0.15, -0.1) is 0 Å². The molecule has 1 aliphatic heterocycles. The van der Waals surface area contributed by atoms with Crippen LogP contribution >= 0.6 is 0 Å². The summed E-state index contributed by atoms with van der Waals surface area (Å²) in [6, 6.07) is 0.636. The van der Waals surface area contributed by atoms with Gasteiger partial charge in [-0.05, 0) is 50.0 Å². The Labute approximate surface area is 125 Å². The molecule has 1 saturated heterocycles.